The van der Waals surface area contributed by atoms with Gasteiger partial charge in [0.1, 0.15) is 23.7 Å². The van der Waals surface area contributed by atoms with E-state index >= 15 is 0 Å². The molecule has 0 aliphatic carbocycles. The topological polar surface area (TPSA) is 130 Å². The van der Waals surface area contributed by atoms with Crippen LogP contribution in [0.5, 0.6) is 5.75 Å². The zero-order valence-corrected chi connectivity index (χ0v) is 18.9. The highest BCUT2D eigenvalue weighted by atomic mass is 19.4. The Morgan fingerprint density at radius 3 is 2.61 bits per heavy atom. The van der Waals surface area contributed by atoms with Crippen LogP contribution in [0.25, 0.3) is 10.9 Å². The van der Waals surface area contributed by atoms with Crippen molar-refractivity contribution in [1.82, 2.24) is 24.6 Å². The first-order valence-corrected chi connectivity index (χ1v) is 10.7. The van der Waals surface area contributed by atoms with Crippen LogP contribution in [-0.4, -0.2) is 80.9 Å². The summed E-state index contributed by atoms with van der Waals surface area (Å²) in [5, 5.41) is 16.5. The van der Waals surface area contributed by atoms with Crippen LogP contribution in [0.4, 0.5) is 23.7 Å². The van der Waals surface area contributed by atoms with Crippen LogP contribution in [0.1, 0.15) is 16.2 Å². The molecule has 11 nitrogen and oxygen atoms in total. The minimum Gasteiger partial charge on any atom is -0.494 e. The van der Waals surface area contributed by atoms with Crippen molar-refractivity contribution in [3.8, 4) is 5.75 Å². The molecular formula is C22H21F3N6O5. The number of carboxylic acids is 1. The number of carbonyl (C=O) groups is 3. The van der Waals surface area contributed by atoms with Gasteiger partial charge in [0.05, 0.1) is 24.9 Å². The molecule has 3 amide bonds. The third-order valence-electron chi connectivity index (χ3n) is 5.50. The summed E-state index contributed by atoms with van der Waals surface area (Å²) < 4.78 is 45.7. The minimum absolute atomic E-state index is 0.216. The Bertz CT molecular complexity index is 1330. The lowest BCUT2D eigenvalue weighted by atomic mass is 10.2. The summed E-state index contributed by atoms with van der Waals surface area (Å²) in [7, 11) is 1.37. The van der Waals surface area contributed by atoms with Crippen LogP contribution in [-0.2, 0) is 17.5 Å². The van der Waals surface area contributed by atoms with E-state index in [2.05, 4.69) is 15.4 Å². The number of halogens is 3. The van der Waals surface area contributed by atoms with Crippen molar-refractivity contribution in [2.45, 2.75) is 12.7 Å². The van der Waals surface area contributed by atoms with E-state index in [1.807, 2.05) is 0 Å². The van der Waals surface area contributed by atoms with Crippen LogP contribution < -0.4 is 10.1 Å². The molecule has 1 aliphatic heterocycles. The molecule has 3 heterocycles. The first kappa shape index (κ1) is 24.8. The van der Waals surface area contributed by atoms with Gasteiger partial charge in [0, 0.05) is 37.3 Å². The number of hydrogen-bond acceptors (Lipinski definition) is 6. The number of alkyl halides is 3. The summed E-state index contributed by atoms with van der Waals surface area (Å²) in [5.74, 6) is -1.68. The SMILES string of the molecule is COc1cc2nn(CCN3CCN(CC(=O)O)C3=O)cc2cc1NC(=O)c1cccc(C(F)(F)F)n1. The first-order valence-electron chi connectivity index (χ1n) is 10.7. The second-order valence-electron chi connectivity index (χ2n) is 7.95. The van der Waals surface area contributed by atoms with E-state index < -0.39 is 29.4 Å². The van der Waals surface area contributed by atoms with E-state index in [1.165, 1.54) is 23.0 Å². The zero-order chi connectivity index (χ0) is 26.0. The van der Waals surface area contributed by atoms with Gasteiger partial charge < -0.3 is 25.0 Å². The third-order valence-corrected chi connectivity index (χ3v) is 5.50. The number of hydrogen-bond donors (Lipinski definition) is 2. The fourth-order valence-electron chi connectivity index (χ4n) is 3.76. The first-order chi connectivity index (χ1) is 17.0. The number of fused-ring (bicyclic) bond motifs is 1. The fourth-order valence-corrected chi connectivity index (χ4v) is 3.76. The Morgan fingerprint density at radius 1 is 1.17 bits per heavy atom. The van der Waals surface area contributed by atoms with Crippen LogP contribution in [0, 0.1) is 0 Å². The van der Waals surface area contributed by atoms with Gasteiger partial charge in [0.2, 0.25) is 0 Å². The minimum atomic E-state index is -4.68. The molecule has 0 unspecified atom stereocenters. The second-order valence-corrected chi connectivity index (χ2v) is 7.95. The predicted molar refractivity (Wildman–Crippen MR) is 120 cm³/mol. The Balaban J connectivity index is 1.48. The van der Waals surface area contributed by atoms with Crippen molar-refractivity contribution in [1.29, 1.82) is 0 Å². The Labute approximate surface area is 202 Å². The number of urea groups is 1. The molecule has 0 bridgehead atoms. The fraction of sp³-hybridized carbons (Fsp3) is 0.318. The number of aliphatic carboxylic acids is 1. The van der Waals surface area contributed by atoms with Gasteiger partial charge in [0.25, 0.3) is 5.91 Å². The standard InChI is InChI=1S/C22H21F3N6O5/c1-36-17-10-15-13(9-16(17)27-20(34)14-3-2-4-18(26-14)22(23,24)25)11-31(28-15)8-7-29-5-6-30(21(29)35)12-19(32)33/h2-4,9-11H,5-8,12H2,1H3,(H,27,34)(H,32,33). The lowest BCUT2D eigenvalue weighted by Gasteiger charge is -2.17. The number of amides is 3. The molecule has 0 saturated carbocycles. The predicted octanol–water partition coefficient (Wildman–Crippen LogP) is 2.53. The van der Waals surface area contributed by atoms with Crippen molar-refractivity contribution in [3.63, 3.8) is 0 Å². The maximum Gasteiger partial charge on any atom is 0.433 e. The summed E-state index contributed by atoms with van der Waals surface area (Å²) >= 11 is 0. The number of carbonyl (C=O) groups excluding carboxylic acids is 2. The van der Waals surface area contributed by atoms with Gasteiger partial charge >= 0.3 is 18.2 Å². The summed E-state index contributed by atoms with van der Waals surface area (Å²) in [6.07, 6.45) is -3.00. The number of benzene rings is 1. The lowest BCUT2D eigenvalue weighted by Crippen LogP contribution is -2.36. The molecule has 14 heteroatoms. The number of nitrogens with zero attached hydrogens (tertiary/aromatic N) is 5. The highest BCUT2D eigenvalue weighted by Crippen LogP contribution is 2.31. The van der Waals surface area contributed by atoms with Gasteiger partial charge in [-0.3, -0.25) is 14.3 Å². The van der Waals surface area contributed by atoms with Crippen molar-refractivity contribution in [3.05, 3.63) is 47.9 Å². The number of carboxylic acid groups (broad SMARTS) is 1. The van der Waals surface area contributed by atoms with E-state index in [-0.39, 0.29) is 24.0 Å². The largest absolute Gasteiger partial charge is 0.494 e. The number of anilines is 1. The molecule has 4 rings (SSSR count). The molecule has 2 N–H and O–H groups in total. The molecule has 2 aromatic heterocycles. The van der Waals surface area contributed by atoms with E-state index in [4.69, 9.17) is 9.84 Å². The summed E-state index contributed by atoms with van der Waals surface area (Å²) in [6.45, 7) is 1.02. The van der Waals surface area contributed by atoms with Crippen LogP contribution in [0.2, 0.25) is 0 Å². The average Bonchev–Trinajstić information content (AvgIpc) is 3.38. The third kappa shape index (κ3) is 5.31. The average molecular weight is 506 g/mol. The van der Waals surface area contributed by atoms with Gasteiger partial charge in [0.15, 0.2) is 0 Å². The van der Waals surface area contributed by atoms with Gasteiger partial charge in [-0.15, -0.1) is 0 Å². The van der Waals surface area contributed by atoms with Crippen LogP contribution >= 0.6 is 0 Å². The Hall–Kier alpha value is -4.36. The Morgan fingerprint density at radius 2 is 1.92 bits per heavy atom. The number of rotatable bonds is 8. The summed E-state index contributed by atoms with van der Waals surface area (Å²) in [4.78, 5) is 41.9. The number of nitrogens with one attached hydrogen (secondary N) is 1. The smallest absolute Gasteiger partial charge is 0.433 e. The van der Waals surface area contributed by atoms with Crippen LogP contribution in [0.3, 0.4) is 0 Å². The van der Waals surface area contributed by atoms with Gasteiger partial charge in [-0.25, -0.2) is 9.78 Å². The molecule has 190 valence electrons. The number of ether oxygens (including phenoxy) is 1. The number of aromatic nitrogens is 3. The molecule has 1 fully saturated rings. The molecule has 0 radical (unpaired) electrons. The number of pyridine rings is 1. The normalized spacial score (nSPS) is 13.9. The van der Waals surface area contributed by atoms with Gasteiger partial charge in [-0.05, 0) is 18.2 Å². The van der Waals surface area contributed by atoms with E-state index in [0.29, 0.717) is 37.1 Å². The molecule has 0 spiro atoms. The second kappa shape index (κ2) is 9.71. The zero-order valence-electron chi connectivity index (χ0n) is 18.9. The van der Waals surface area contributed by atoms with Crippen molar-refractivity contribution in [2.24, 2.45) is 0 Å². The van der Waals surface area contributed by atoms with Gasteiger partial charge in [-0.1, -0.05) is 6.07 Å². The van der Waals surface area contributed by atoms with Crippen molar-refractivity contribution < 1.29 is 37.4 Å². The highest BCUT2D eigenvalue weighted by molar-refractivity contribution is 6.05. The molecule has 3 aromatic rings. The van der Waals surface area contributed by atoms with Crippen LogP contribution in [0.15, 0.2) is 36.5 Å². The number of methoxy groups -OCH3 is 1. The van der Waals surface area contributed by atoms with E-state index in [9.17, 15) is 27.6 Å². The molecule has 36 heavy (non-hydrogen) atoms. The van der Waals surface area contributed by atoms with Crippen molar-refractivity contribution >= 4 is 34.5 Å². The lowest BCUT2D eigenvalue weighted by molar-refractivity contribution is -0.141. The molecule has 1 aromatic carbocycles. The molecule has 1 saturated heterocycles. The van der Waals surface area contributed by atoms with Gasteiger partial charge in [-0.2, -0.15) is 18.3 Å². The van der Waals surface area contributed by atoms with Crippen molar-refractivity contribution in [2.75, 3.05) is 38.6 Å². The molecule has 1 aliphatic rings. The maximum absolute atomic E-state index is 12.9. The molecule has 0 atom stereocenters. The Kier molecular flexibility index (Phi) is 6.68. The maximum atomic E-state index is 12.9. The monoisotopic (exact) mass is 506 g/mol. The molecular weight excluding hydrogens is 485 g/mol. The van der Waals surface area contributed by atoms with E-state index in [0.717, 1.165) is 12.1 Å². The van der Waals surface area contributed by atoms with E-state index in [1.54, 1.807) is 23.0 Å². The summed E-state index contributed by atoms with van der Waals surface area (Å²) in [6, 6.07) is 5.82. The highest BCUT2D eigenvalue weighted by Gasteiger charge is 2.33. The quantitative estimate of drug-likeness (QED) is 0.480. The summed E-state index contributed by atoms with van der Waals surface area (Å²) in [5.41, 5.74) is -0.841.